The molecule has 2 atom stereocenters. The number of fused-ring (bicyclic) bond motifs is 1. The summed E-state index contributed by atoms with van der Waals surface area (Å²) in [6, 6.07) is 13.8. The van der Waals surface area contributed by atoms with Gasteiger partial charge in [0.2, 0.25) is 0 Å². The molecule has 1 aliphatic rings. The van der Waals surface area contributed by atoms with Gasteiger partial charge in [-0.05, 0) is 55.0 Å². The van der Waals surface area contributed by atoms with Crippen molar-refractivity contribution in [3.63, 3.8) is 0 Å². The molecule has 1 heterocycles. The maximum absolute atomic E-state index is 4.08. The van der Waals surface area contributed by atoms with Crippen LogP contribution in [0.2, 0.25) is 0 Å². The molecule has 0 saturated heterocycles. The van der Waals surface area contributed by atoms with Gasteiger partial charge in [0.25, 0.3) is 0 Å². The summed E-state index contributed by atoms with van der Waals surface area (Å²) in [6.07, 6.45) is 7.45. The van der Waals surface area contributed by atoms with Crippen molar-refractivity contribution in [2.24, 2.45) is 0 Å². The lowest BCUT2D eigenvalue weighted by atomic mass is 9.87. The van der Waals surface area contributed by atoms with E-state index in [9.17, 15) is 0 Å². The lowest BCUT2D eigenvalue weighted by Gasteiger charge is -2.29. The van der Waals surface area contributed by atoms with Crippen LogP contribution in [0, 0.1) is 0 Å². The van der Waals surface area contributed by atoms with E-state index in [0.717, 1.165) is 0 Å². The van der Waals surface area contributed by atoms with Gasteiger partial charge in [-0.2, -0.15) is 0 Å². The van der Waals surface area contributed by atoms with Gasteiger partial charge < -0.3 is 5.32 Å². The Bertz CT molecular complexity index is 536. The molecule has 0 saturated carbocycles. The average Bonchev–Trinajstić information content (AvgIpc) is 2.48. The van der Waals surface area contributed by atoms with E-state index in [-0.39, 0.29) is 0 Å². The van der Waals surface area contributed by atoms with Crippen molar-refractivity contribution in [2.75, 3.05) is 0 Å². The lowest BCUT2D eigenvalue weighted by molar-refractivity contribution is 0.415. The van der Waals surface area contributed by atoms with E-state index >= 15 is 0 Å². The molecule has 0 aliphatic heterocycles. The monoisotopic (exact) mass is 252 g/mol. The van der Waals surface area contributed by atoms with Crippen molar-refractivity contribution in [1.82, 2.24) is 10.3 Å². The smallest absolute Gasteiger partial charge is 0.0328 e. The number of hydrogen-bond acceptors (Lipinski definition) is 2. The van der Waals surface area contributed by atoms with E-state index in [1.54, 1.807) is 0 Å². The fourth-order valence-corrected chi connectivity index (χ4v) is 2.98. The molecule has 19 heavy (non-hydrogen) atoms. The van der Waals surface area contributed by atoms with E-state index in [2.05, 4.69) is 53.6 Å². The van der Waals surface area contributed by atoms with E-state index in [4.69, 9.17) is 0 Å². The predicted octanol–water partition coefficient (Wildman–Crippen LogP) is 3.81. The number of nitrogens with one attached hydrogen (secondary N) is 1. The molecule has 2 nitrogen and oxygen atoms in total. The number of pyridine rings is 1. The molecule has 0 spiro atoms. The molecule has 1 aliphatic carbocycles. The molecule has 0 amide bonds. The minimum Gasteiger partial charge on any atom is -0.303 e. The summed E-state index contributed by atoms with van der Waals surface area (Å²) >= 11 is 0. The van der Waals surface area contributed by atoms with Gasteiger partial charge in [0.15, 0.2) is 0 Å². The third-order valence-electron chi connectivity index (χ3n) is 4.03. The van der Waals surface area contributed by atoms with E-state index in [1.165, 1.54) is 36.0 Å². The van der Waals surface area contributed by atoms with Crippen molar-refractivity contribution in [3.05, 3.63) is 65.5 Å². The molecule has 1 unspecified atom stereocenters. The zero-order valence-corrected chi connectivity index (χ0v) is 11.3. The highest BCUT2D eigenvalue weighted by Crippen LogP contribution is 2.31. The summed E-state index contributed by atoms with van der Waals surface area (Å²) in [7, 11) is 0. The summed E-state index contributed by atoms with van der Waals surface area (Å²) in [6.45, 7) is 2.23. The third kappa shape index (κ3) is 2.69. The Labute approximate surface area is 114 Å². The standard InChI is InChI=1S/C17H20N2/c1-13(14-9-11-18-12-10-14)19-17-8-4-6-15-5-2-3-7-16(15)17/h2-3,5,7,9-13,17,19H,4,6,8H2,1H3/t13-,17?/m0/s1. The predicted molar refractivity (Wildman–Crippen MR) is 77.9 cm³/mol. The largest absolute Gasteiger partial charge is 0.303 e. The summed E-state index contributed by atoms with van der Waals surface area (Å²) < 4.78 is 0. The minimum atomic E-state index is 0.360. The van der Waals surface area contributed by atoms with Crippen molar-refractivity contribution < 1.29 is 0 Å². The number of rotatable bonds is 3. The summed E-state index contributed by atoms with van der Waals surface area (Å²) in [5, 5.41) is 3.76. The van der Waals surface area contributed by atoms with Crippen LogP contribution in [0.1, 0.15) is 48.5 Å². The van der Waals surface area contributed by atoms with Crippen LogP contribution in [0.25, 0.3) is 0 Å². The summed E-state index contributed by atoms with van der Waals surface area (Å²) in [5.41, 5.74) is 4.29. The van der Waals surface area contributed by atoms with Crippen LogP contribution in [-0.2, 0) is 6.42 Å². The first-order chi connectivity index (χ1) is 9.34. The van der Waals surface area contributed by atoms with Gasteiger partial charge in [0, 0.05) is 24.5 Å². The molecule has 0 bridgehead atoms. The maximum atomic E-state index is 4.08. The Morgan fingerprint density at radius 3 is 2.79 bits per heavy atom. The van der Waals surface area contributed by atoms with Gasteiger partial charge in [-0.1, -0.05) is 24.3 Å². The third-order valence-corrected chi connectivity index (χ3v) is 4.03. The normalized spacial score (nSPS) is 19.7. The van der Waals surface area contributed by atoms with Crippen molar-refractivity contribution in [2.45, 2.75) is 38.3 Å². The first kappa shape index (κ1) is 12.4. The van der Waals surface area contributed by atoms with Crippen molar-refractivity contribution in [1.29, 1.82) is 0 Å². The van der Waals surface area contributed by atoms with Crippen LogP contribution in [0.3, 0.4) is 0 Å². The molecule has 0 fully saturated rings. The van der Waals surface area contributed by atoms with E-state index in [0.29, 0.717) is 12.1 Å². The molecule has 1 aromatic carbocycles. The van der Waals surface area contributed by atoms with Crippen LogP contribution >= 0.6 is 0 Å². The Kier molecular flexibility index (Phi) is 3.60. The SMILES string of the molecule is C[C@H](NC1CCCc2ccccc21)c1ccncc1. The molecule has 98 valence electrons. The zero-order valence-electron chi connectivity index (χ0n) is 11.3. The van der Waals surface area contributed by atoms with Crippen molar-refractivity contribution >= 4 is 0 Å². The quantitative estimate of drug-likeness (QED) is 0.898. The Balaban J connectivity index is 1.78. The van der Waals surface area contributed by atoms with E-state index < -0.39 is 0 Å². The number of aromatic nitrogens is 1. The zero-order chi connectivity index (χ0) is 13.1. The molecular formula is C17H20N2. The number of aryl methyl sites for hydroxylation is 1. The van der Waals surface area contributed by atoms with E-state index in [1.807, 2.05) is 12.4 Å². The van der Waals surface area contributed by atoms with Gasteiger partial charge in [-0.15, -0.1) is 0 Å². The molecular weight excluding hydrogens is 232 g/mol. The second kappa shape index (κ2) is 5.54. The van der Waals surface area contributed by atoms with Gasteiger partial charge in [-0.3, -0.25) is 4.98 Å². The highest BCUT2D eigenvalue weighted by atomic mass is 14.9. The number of nitrogens with zero attached hydrogens (tertiary/aromatic N) is 1. The fraction of sp³-hybridized carbons (Fsp3) is 0.353. The first-order valence-electron chi connectivity index (χ1n) is 7.08. The van der Waals surface area contributed by atoms with Gasteiger partial charge in [0.05, 0.1) is 0 Å². The van der Waals surface area contributed by atoms with Crippen molar-refractivity contribution in [3.8, 4) is 0 Å². The highest BCUT2D eigenvalue weighted by molar-refractivity contribution is 5.32. The molecule has 3 rings (SSSR count). The van der Waals surface area contributed by atoms with Crippen LogP contribution in [-0.4, -0.2) is 4.98 Å². The molecule has 1 N–H and O–H groups in total. The fourth-order valence-electron chi connectivity index (χ4n) is 2.98. The molecule has 2 aromatic rings. The second-order valence-electron chi connectivity index (χ2n) is 5.31. The van der Waals surface area contributed by atoms with Crippen LogP contribution in [0.4, 0.5) is 0 Å². The highest BCUT2D eigenvalue weighted by Gasteiger charge is 2.21. The topological polar surface area (TPSA) is 24.9 Å². The number of benzene rings is 1. The van der Waals surface area contributed by atoms with Crippen LogP contribution < -0.4 is 5.32 Å². The Hall–Kier alpha value is -1.67. The van der Waals surface area contributed by atoms with Gasteiger partial charge in [0.1, 0.15) is 0 Å². The Morgan fingerprint density at radius 2 is 1.95 bits per heavy atom. The minimum absolute atomic E-state index is 0.360. The Morgan fingerprint density at radius 1 is 1.16 bits per heavy atom. The average molecular weight is 252 g/mol. The van der Waals surface area contributed by atoms with Crippen LogP contribution in [0.15, 0.2) is 48.8 Å². The maximum Gasteiger partial charge on any atom is 0.0328 e. The molecule has 1 aromatic heterocycles. The number of hydrogen-bond donors (Lipinski definition) is 1. The summed E-state index contributed by atoms with van der Waals surface area (Å²) in [4.78, 5) is 4.08. The van der Waals surface area contributed by atoms with Gasteiger partial charge >= 0.3 is 0 Å². The van der Waals surface area contributed by atoms with Gasteiger partial charge in [-0.25, -0.2) is 0 Å². The molecule has 0 radical (unpaired) electrons. The van der Waals surface area contributed by atoms with Crippen LogP contribution in [0.5, 0.6) is 0 Å². The lowest BCUT2D eigenvalue weighted by Crippen LogP contribution is -2.27. The summed E-state index contributed by atoms with van der Waals surface area (Å²) in [5.74, 6) is 0. The molecule has 2 heteroatoms. The second-order valence-corrected chi connectivity index (χ2v) is 5.31. The first-order valence-corrected chi connectivity index (χ1v) is 7.08.